The molecule has 0 aliphatic carbocycles. The second-order valence-corrected chi connectivity index (χ2v) is 17.8. The van der Waals surface area contributed by atoms with Crippen molar-refractivity contribution in [1.82, 2.24) is 0 Å². The highest BCUT2D eigenvalue weighted by Gasteiger charge is 2.25. The molecule has 2 unspecified atom stereocenters. The van der Waals surface area contributed by atoms with Gasteiger partial charge in [0.1, 0.15) is 12.6 Å². The van der Waals surface area contributed by atoms with Gasteiger partial charge in [-0.2, -0.15) is 0 Å². The number of aliphatic carboxylic acids is 1. The van der Waals surface area contributed by atoms with Crippen LogP contribution in [0, 0.1) is 0 Å². The maximum atomic E-state index is 12.8. The fraction of sp³-hybridized carbons (Fsp3) is 0.755. The summed E-state index contributed by atoms with van der Waals surface area (Å²) >= 11 is 0. The van der Waals surface area contributed by atoms with E-state index in [2.05, 4.69) is 74.6 Å². The Labute approximate surface area is 375 Å². The summed E-state index contributed by atoms with van der Waals surface area (Å²) in [6.45, 7) is 4.60. The van der Waals surface area contributed by atoms with Gasteiger partial charge in [-0.05, 0) is 64.2 Å². The summed E-state index contributed by atoms with van der Waals surface area (Å²) in [5.41, 5.74) is 0. The smallest absolute Gasteiger partial charge is 0.306 e. The van der Waals surface area contributed by atoms with Crippen LogP contribution in [0.25, 0.3) is 0 Å². The van der Waals surface area contributed by atoms with E-state index in [1.165, 1.54) is 109 Å². The summed E-state index contributed by atoms with van der Waals surface area (Å²) < 4.78 is 17.2. The first kappa shape index (κ1) is 58.0. The molecule has 0 aliphatic heterocycles. The quantitative estimate of drug-likeness (QED) is 0.0198. The van der Waals surface area contributed by atoms with E-state index in [1.807, 2.05) is 0 Å². The molecule has 352 valence electrons. The largest absolute Gasteiger partial charge is 0.544 e. The van der Waals surface area contributed by atoms with Crippen molar-refractivity contribution in [2.75, 3.05) is 41.0 Å². The van der Waals surface area contributed by atoms with Crippen molar-refractivity contribution >= 4 is 17.9 Å². The van der Waals surface area contributed by atoms with Gasteiger partial charge in [-0.25, -0.2) is 0 Å². The first-order valence-corrected chi connectivity index (χ1v) is 24.9. The number of hydrogen-bond donors (Lipinski definition) is 0. The van der Waals surface area contributed by atoms with Gasteiger partial charge in [-0.15, -0.1) is 0 Å². The highest BCUT2D eigenvalue weighted by Crippen LogP contribution is 2.14. The molecule has 0 N–H and O–H groups in total. The number of quaternary nitrogens is 1. The van der Waals surface area contributed by atoms with Crippen molar-refractivity contribution in [2.24, 2.45) is 0 Å². The Morgan fingerprint density at radius 3 is 1.36 bits per heavy atom. The molecule has 0 heterocycles. The van der Waals surface area contributed by atoms with E-state index in [0.29, 0.717) is 12.8 Å². The van der Waals surface area contributed by atoms with Gasteiger partial charge in [-0.1, -0.05) is 184 Å². The van der Waals surface area contributed by atoms with Gasteiger partial charge in [0, 0.05) is 19.3 Å². The number of carboxylic acid groups (broad SMARTS) is 1. The van der Waals surface area contributed by atoms with Crippen LogP contribution in [-0.2, 0) is 28.6 Å². The average molecular weight is 856 g/mol. The molecule has 0 aromatic heterocycles. The Morgan fingerprint density at radius 1 is 0.492 bits per heavy atom. The summed E-state index contributed by atoms with van der Waals surface area (Å²) in [5.74, 6) is -1.77. The Hall–Kier alpha value is -2.97. The van der Waals surface area contributed by atoms with Crippen molar-refractivity contribution in [1.29, 1.82) is 0 Å². The van der Waals surface area contributed by atoms with E-state index in [1.54, 1.807) is 21.1 Å². The number of carbonyl (C=O) groups is 3. The lowest BCUT2D eigenvalue weighted by Crippen LogP contribution is -2.55. The minimum atomic E-state index is -1.13. The molecule has 0 rings (SSSR count). The zero-order valence-corrected chi connectivity index (χ0v) is 40.1. The van der Waals surface area contributed by atoms with Gasteiger partial charge in [0.2, 0.25) is 0 Å². The summed E-state index contributed by atoms with van der Waals surface area (Å²) in [6.07, 6.45) is 53.8. The molecule has 0 saturated heterocycles. The van der Waals surface area contributed by atoms with Crippen LogP contribution in [0.4, 0.5) is 0 Å². The predicted octanol–water partition coefficient (Wildman–Crippen LogP) is 12.8. The maximum absolute atomic E-state index is 12.8. The number of ether oxygens (including phenoxy) is 3. The molecule has 0 fully saturated rings. The molecular weight excluding hydrogens is 763 g/mol. The number of carboxylic acids is 1. The Morgan fingerprint density at radius 2 is 0.885 bits per heavy atom. The molecule has 0 amide bonds. The minimum Gasteiger partial charge on any atom is -0.544 e. The van der Waals surface area contributed by atoms with Gasteiger partial charge < -0.3 is 28.6 Å². The van der Waals surface area contributed by atoms with Crippen LogP contribution in [0.2, 0.25) is 0 Å². The standard InChI is InChI=1S/C53H93NO7/c1-6-8-10-12-14-16-18-20-22-24-26-28-30-32-34-36-38-40-42-44-52(56)61-49(47-59-46-45-50(53(57)58)54(3,4)5)48-60-51(55)43-41-39-37-35-33-31-29-27-25-23-21-19-17-15-13-11-9-7-2/h15,17,19,21,23-27,29,49-50H,6-14,16,18,20,22,28,30-48H2,1-5H3/b17-15+,21-19+,25-23+,26-24+,29-27+. The van der Waals surface area contributed by atoms with Crippen LogP contribution >= 0.6 is 0 Å². The summed E-state index contributed by atoms with van der Waals surface area (Å²) in [6, 6.07) is -0.733. The van der Waals surface area contributed by atoms with E-state index in [9.17, 15) is 19.5 Å². The Balaban J connectivity index is 4.34. The number of rotatable bonds is 44. The first-order chi connectivity index (χ1) is 29.6. The Bertz CT molecular complexity index is 1180. The molecule has 0 radical (unpaired) electrons. The van der Waals surface area contributed by atoms with Crippen LogP contribution < -0.4 is 5.11 Å². The normalized spacial score (nSPS) is 13.4. The number of unbranched alkanes of at least 4 members (excludes halogenated alkanes) is 23. The van der Waals surface area contributed by atoms with Crippen molar-refractivity contribution in [3.63, 3.8) is 0 Å². The van der Waals surface area contributed by atoms with Crippen molar-refractivity contribution in [2.45, 2.75) is 219 Å². The number of likely N-dealkylation sites (N-methyl/N-ethyl adjacent to an activating group) is 1. The highest BCUT2D eigenvalue weighted by atomic mass is 16.6. The number of nitrogens with zero attached hydrogens (tertiary/aromatic N) is 1. The average Bonchev–Trinajstić information content (AvgIpc) is 3.22. The van der Waals surface area contributed by atoms with E-state index in [0.717, 1.165) is 64.2 Å². The number of allylic oxidation sites excluding steroid dienone is 10. The monoisotopic (exact) mass is 856 g/mol. The molecule has 0 spiro atoms. The molecule has 0 aromatic carbocycles. The predicted molar refractivity (Wildman–Crippen MR) is 254 cm³/mol. The molecule has 8 nitrogen and oxygen atoms in total. The van der Waals surface area contributed by atoms with Crippen LogP contribution in [-0.4, -0.2) is 75.5 Å². The molecule has 0 bridgehead atoms. The second-order valence-electron chi connectivity index (χ2n) is 17.8. The van der Waals surface area contributed by atoms with Gasteiger partial charge in [0.25, 0.3) is 0 Å². The summed E-state index contributed by atoms with van der Waals surface area (Å²) in [5, 5.41) is 11.7. The van der Waals surface area contributed by atoms with Crippen LogP contribution in [0.3, 0.4) is 0 Å². The number of hydrogen-bond acceptors (Lipinski definition) is 7. The number of carbonyl (C=O) groups excluding carboxylic acids is 3. The van der Waals surface area contributed by atoms with Crippen LogP contribution in [0.15, 0.2) is 60.8 Å². The molecule has 2 atom stereocenters. The fourth-order valence-corrected chi connectivity index (χ4v) is 7.08. The highest BCUT2D eigenvalue weighted by molar-refractivity contribution is 5.70. The van der Waals surface area contributed by atoms with Crippen LogP contribution in [0.5, 0.6) is 0 Å². The second kappa shape index (κ2) is 43.7. The van der Waals surface area contributed by atoms with Gasteiger partial charge >= 0.3 is 11.9 Å². The lowest BCUT2D eigenvalue weighted by Gasteiger charge is -2.34. The van der Waals surface area contributed by atoms with Crippen molar-refractivity contribution in [3.05, 3.63) is 60.8 Å². The van der Waals surface area contributed by atoms with Crippen molar-refractivity contribution < 1.29 is 38.2 Å². The molecule has 0 saturated carbocycles. The maximum Gasteiger partial charge on any atom is 0.306 e. The topological polar surface area (TPSA) is 102 Å². The minimum absolute atomic E-state index is 0.0296. The molecule has 8 heteroatoms. The number of esters is 2. The Kier molecular flexibility index (Phi) is 41.5. The van der Waals surface area contributed by atoms with Crippen molar-refractivity contribution in [3.8, 4) is 0 Å². The van der Waals surface area contributed by atoms with E-state index >= 15 is 0 Å². The molecular formula is C53H93NO7. The van der Waals surface area contributed by atoms with E-state index in [4.69, 9.17) is 14.2 Å². The summed E-state index contributed by atoms with van der Waals surface area (Å²) in [7, 11) is 5.40. The third-order valence-corrected chi connectivity index (χ3v) is 11.0. The third kappa shape index (κ3) is 42.1. The lowest BCUT2D eigenvalue weighted by atomic mass is 10.1. The zero-order valence-electron chi connectivity index (χ0n) is 40.1. The molecule has 0 aromatic rings. The van der Waals surface area contributed by atoms with E-state index < -0.39 is 18.1 Å². The van der Waals surface area contributed by atoms with Gasteiger partial charge in [0.15, 0.2) is 6.10 Å². The zero-order chi connectivity index (χ0) is 44.9. The summed E-state index contributed by atoms with van der Waals surface area (Å²) in [4.78, 5) is 37.0. The molecule has 0 aliphatic rings. The first-order valence-electron chi connectivity index (χ1n) is 24.9. The van der Waals surface area contributed by atoms with E-state index in [-0.39, 0.29) is 42.7 Å². The van der Waals surface area contributed by atoms with Gasteiger partial charge in [-0.3, -0.25) is 9.59 Å². The fourth-order valence-electron chi connectivity index (χ4n) is 7.08. The van der Waals surface area contributed by atoms with Crippen LogP contribution in [0.1, 0.15) is 206 Å². The molecule has 61 heavy (non-hydrogen) atoms. The van der Waals surface area contributed by atoms with Gasteiger partial charge in [0.05, 0.1) is 40.3 Å². The lowest BCUT2D eigenvalue weighted by molar-refractivity contribution is -0.889. The SMILES string of the molecule is CCCCC/C=C/C=C/C=C/C=C/CCCCCCCC(=O)OCC(COCCC(C(=O)[O-])[N+](C)(C)C)OC(=O)CCCCCCCCC/C=C/CCCCCCCCCC. The third-order valence-electron chi connectivity index (χ3n) is 11.0.